The minimum atomic E-state index is -1.07. The minimum Gasteiger partial charge on any atom is -0.469 e. The first kappa shape index (κ1) is 25.4. The zero-order valence-electron chi connectivity index (χ0n) is 18.5. The molecule has 0 radical (unpaired) electrons. The molecule has 0 spiro atoms. The van der Waals surface area contributed by atoms with Gasteiger partial charge in [0.25, 0.3) is 0 Å². The Morgan fingerprint density at radius 1 is 1.24 bits per heavy atom. The van der Waals surface area contributed by atoms with Gasteiger partial charge in [0.1, 0.15) is 11.4 Å². The van der Waals surface area contributed by atoms with Crippen LogP contribution in [0.15, 0.2) is 12.2 Å². The molecule has 1 unspecified atom stereocenters. The Hall–Kier alpha value is -1.60. The van der Waals surface area contributed by atoms with Crippen molar-refractivity contribution in [2.45, 2.75) is 102 Å². The van der Waals surface area contributed by atoms with E-state index in [1.165, 1.54) is 13.5 Å². The summed E-state index contributed by atoms with van der Waals surface area (Å²) in [5.41, 5.74) is -1.07. The Morgan fingerprint density at radius 3 is 2.66 bits per heavy atom. The van der Waals surface area contributed by atoms with E-state index >= 15 is 0 Å². The molecule has 1 aliphatic carbocycles. The highest BCUT2D eigenvalue weighted by molar-refractivity contribution is 5.83. The van der Waals surface area contributed by atoms with E-state index in [0.717, 1.165) is 57.8 Å². The van der Waals surface area contributed by atoms with E-state index in [1.807, 2.05) is 6.08 Å². The molecule has 0 amide bonds. The molecule has 29 heavy (non-hydrogen) atoms. The normalized spacial score (nSPS) is 21.2. The minimum absolute atomic E-state index is 0.0929. The van der Waals surface area contributed by atoms with Gasteiger partial charge in [-0.05, 0) is 38.0 Å². The molecule has 4 nitrogen and oxygen atoms in total. The van der Waals surface area contributed by atoms with Crippen molar-refractivity contribution in [3.8, 4) is 12.3 Å². The summed E-state index contributed by atoms with van der Waals surface area (Å²) in [6, 6.07) is 0. The molecule has 0 bridgehead atoms. The number of carbonyl (C=O) groups excluding carboxylic acids is 2. The smallest absolute Gasteiger partial charge is 0.305 e. The summed E-state index contributed by atoms with van der Waals surface area (Å²) in [4.78, 5) is 23.4. The molecule has 4 heteroatoms. The number of hydrogen-bond donors (Lipinski definition) is 1. The van der Waals surface area contributed by atoms with Gasteiger partial charge in [-0.25, -0.2) is 0 Å². The van der Waals surface area contributed by atoms with Gasteiger partial charge >= 0.3 is 5.97 Å². The number of hydrogen-bond acceptors (Lipinski definition) is 4. The molecule has 1 rings (SSSR count). The van der Waals surface area contributed by atoms with Crippen LogP contribution >= 0.6 is 0 Å². The molecule has 1 saturated carbocycles. The number of carbonyl (C=O) groups is 2. The van der Waals surface area contributed by atoms with Crippen molar-refractivity contribution in [1.82, 2.24) is 0 Å². The Balaban J connectivity index is 2.38. The van der Waals surface area contributed by atoms with Crippen LogP contribution in [0.3, 0.4) is 0 Å². The highest BCUT2D eigenvalue weighted by Crippen LogP contribution is 2.34. The Bertz CT molecular complexity index is 560. The van der Waals surface area contributed by atoms with Gasteiger partial charge in [-0.3, -0.25) is 9.59 Å². The highest BCUT2D eigenvalue weighted by atomic mass is 16.5. The first-order valence-electron chi connectivity index (χ1n) is 11.4. The van der Waals surface area contributed by atoms with Gasteiger partial charge < -0.3 is 9.84 Å². The van der Waals surface area contributed by atoms with Crippen molar-refractivity contribution in [2.24, 2.45) is 11.8 Å². The summed E-state index contributed by atoms with van der Waals surface area (Å²) in [6.07, 6.45) is 22.0. The van der Waals surface area contributed by atoms with E-state index < -0.39 is 5.60 Å². The van der Waals surface area contributed by atoms with Crippen molar-refractivity contribution < 1.29 is 19.4 Å². The van der Waals surface area contributed by atoms with Gasteiger partial charge in [0.2, 0.25) is 0 Å². The molecule has 3 atom stereocenters. The van der Waals surface area contributed by atoms with E-state index in [1.54, 1.807) is 0 Å². The fraction of sp³-hybridized carbons (Fsp3) is 0.760. The Labute approximate surface area is 177 Å². The number of allylic oxidation sites excluding steroid dienone is 1. The molecule has 0 aromatic carbocycles. The maximum Gasteiger partial charge on any atom is 0.305 e. The van der Waals surface area contributed by atoms with Gasteiger partial charge in [0.15, 0.2) is 0 Å². The molecule has 0 aromatic rings. The van der Waals surface area contributed by atoms with Crippen LogP contribution in [0, 0.1) is 24.2 Å². The average Bonchev–Trinajstić information content (AvgIpc) is 3.07. The van der Waals surface area contributed by atoms with Crippen LogP contribution in [0.1, 0.15) is 96.8 Å². The van der Waals surface area contributed by atoms with E-state index in [2.05, 4.69) is 23.7 Å². The van der Waals surface area contributed by atoms with Gasteiger partial charge in [-0.1, -0.05) is 63.5 Å². The lowest BCUT2D eigenvalue weighted by molar-refractivity contribution is -0.140. The van der Waals surface area contributed by atoms with Crippen LogP contribution in [0.2, 0.25) is 0 Å². The number of unbranched alkanes of at least 4 members (excludes halogenated alkanes) is 6. The molecule has 1 aliphatic rings. The molecule has 0 saturated heterocycles. The van der Waals surface area contributed by atoms with E-state index in [9.17, 15) is 14.7 Å². The molecule has 1 N–H and O–H groups in total. The number of methoxy groups -OCH3 is 1. The quantitative estimate of drug-likeness (QED) is 0.172. The van der Waals surface area contributed by atoms with Crippen LogP contribution in [0.4, 0.5) is 0 Å². The monoisotopic (exact) mass is 404 g/mol. The predicted molar refractivity (Wildman–Crippen MR) is 117 cm³/mol. The second kappa shape index (κ2) is 14.4. The zero-order valence-corrected chi connectivity index (χ0v) is 18.5. The van der Waals surface area contributed by atoms with Crippen molar-refractivity contribution >= 4 is 11.8 Å². The molecule has 0 aliphatic heterocycles. The van der Waals surface area contributed by atoms with Gasteiger partial charge in [-0.2, -0.15) is 0 Å². The maximum atomic E-state index is 12.3. The summed E-state index contributed by atoms with van der Waals surface area (Å²) in [7, 11) is 1.42. The molecule has 0 aromatic heterocycles. The standard InChI is InChI=1S/C25H40O4/c1-4-6-7-12-19-25(28,5-2)20-13-14-21-17-18-23(26)22(21)15-10-8-9-11-16-24(27)29-3/h2,13-14,21-22,28H,4,6-12,15-20H2,1,3H3/t21-,22+,25?/m0/s1. The van der Waals surface area contributed by atoms with E-state index in [-0.39, 0.29) is 17.8 Å². The zero-order chi connectivity index (χ0) is 21.5. The third kappa shape index (κ3) is 10.1. The second-order valence-electron chi connectivity index (χ2n) is 8.42. The fourth-order valence-electron chi connectivity index (χ4n) is 4.14. The van der Waals surface area contributed by atoms with Crippen molar-refractivity contribution in [2.75, 3.05) is 7.11 Å². The lowest BCUT2D eigenvalue weighted by Crippen LogP contribution is -2.25. The van der Waals surface area contributed by atoms with Crippen LogP contribution < -0.4 is 0 Å². The summed E-state index contributed by atoms with van der Waals surface area (Å²) in [6.45, 7) is 2.16. The van der Waals surface area contributed by atoms with Crippen molar-refractivity contribution in [3.63, 3.8) is 0 Å². The number of ketones is 1. The summed E-state index contributed by atoms with van der Waals surface area (Å²) in [5, 5.41) is 10.6. The van der Waals surface area contributed by atoms with Crippen LogP contribution in [0.25, 0.3) is 0 Å². The third-order valence-electron chi connectivity index (χ3n) is 6.08. The predicted octanol–water partition coefficient (Wildman–Crippen LogP) is 5.38. The van der Waals surface area contributed by atoms with Crippen molar-refractivity contribution in [1.29, 1.82) is 0 Å². The third-order valence-corrected chi connectivity index (χ3v) is 6.08. The average molecular weight is 405 g/mol. The van der Waals surface area contributed by atoms with E-state index in [0.29, 0.717) is 31.5 Å². The van der Waals surface area contributed by atoms with Crippen LogP contribution in [-0.4, -0.2) is 29.6 Å². The number of ether oxygens (including phenoxy) is 1. The number of aliphatic hydroxyl groups is 1. The first-order chi connectivity index (χ1) is 14.0. The van der Waals surface area contributed by atoms with Gasteiger partial charge in [0.05, 0.1) is 7.11 Å². The topological polar surface area (TPSA) is 63.6 Å². The Morgan fingerprint density at radius 2 is 1.97 bits per heavy atom. The fourth-order valence-corrected chi connectivity index (χ4v) is 4.14. The van der Waals surface area contributed by atoms with Crippen LogP contribution in [0.5, 0.6) is 0 Å². The second-order valence-corrected chi connectivity index (χ2v) is 8.42. The highest BCUT2D eigenvalue weighted by Gasteiger charge is 2.32. The van der Waals surface area contributed by atoms with Gasteiger partial charge in [-0.15, -0.1) is 6.42 Å². The largest absolute Gasteiger partial charge is 0.469 e. The SMILES string of the molecule is C#CC(O)(CC=C[C@H]1CCC(=O)[C@@H]1CCCCCCC(=O)OC)CCCCCC. The lowest BCUT2D eigenvalue weighted by Gasteiger charge is -2.21. The Kier molecular flexibility index (Phi) is 12.6. The summed E-state index contributed by atoms with van der Waals surface area (Å²) < 4.78 is 4.65. The maximum absolute atomic E-state index is 12.3. The first-order valence-corrected chi connectivity index (χ1v) is 11.4. The number of esters is 1. The van der Waals surface area contributed by atoms with Gasteiger partial charge in [0, 0.05) is 25.2 Å². The molecule has 1 fully saturated rings. The van der Waals surface area contributed by atoms with E-state index in [4.69, 9.17) is 6.42 Å². The molecule has 164 valence electrons. The number of rotatable bonds is 15. The number of terminal acetylenes is 1. The summed E-state index contributed by atoms with van der Waals surface area (Å²) in [5.74, 6) is 3.14. The molecule has 0 heterocycles. The number of Topliss-reactive ketones (excluding diaryl/α,β-unsaturated/α-hetero) is 1. The molecular formula is C25H40O4. The van der Waals surface area contributed by atoms with Crippen LogP contribution in [-0.2, 0) is 14.3 Å². The van der Waals surface area contributed by atoms with Crippen molar-refractivity contribution in [3.05, 3.63) is 12.2 Å². The molecular weight excluding hydrogens is 364 g/mol. The summed E-state index contributed by atoms with van der Waals surface area (Å²) >= 11 is 0. The lowest BCUT2D eigenvalue weighted by atomic mass is 9.88.